The molecule has 0 radical (unpaired) electrons. The Morgan fingerprint density at radius 2 is 2.25 bits per heavy atom. The summed E-state index contributed by atoms with van der Waals surface area (Å²) in [6, 6.07) is 9.38. The molecule has 0 aliphatic heterocycles. The van der Waals surface area contributed by atoms with Crippen LogP contribution in [0.4, 0.5) is 0 Å². The number of nitriles is 1. The van der Waals surface area contributed by atoms with E-state index in [2.05, 4.69) is 6.07 Å². The fourth-order valence-electron chi connectivity index (χ4n) is 1.66. The van der Waals surface area contributed by atoms with E-state index in [0.717, 1.165) is 10.9 Å². The summed E-state index contributed by atoms with van der Waals surface area (Å²) in [6.07, 6.45) is 1.93. The molecule has 1 aromatic heterocycles. The van der Waals surface area contributed by atoms with E-state index in [4.69, 9.17) is 10.4 Å². The predicted octanol–water partition coefficient (Wildman–Crippen LogP) is 1.99. The van der Waals surface area contributed by atoms with Crippen LogP contribution in [-0.2, 0) is 11.3 Å². The largest absolute Gasteiger partial charge is 0.481 e. The highest BCUT2D eigenvalue weighted by molar-refractivity contribution is 5.81. The fourth-order valence-corrected chi connectivity index (χ4v) is 1.66. The second-order valence-electron chi connectivity index (χ2n) is 3.54. The van der Waals surface area contributed by atoms with Crippen LogP contribution in [0, 0.1) is 11.3 Å². The summed E-state index contributed by atoms with van der Waals surface area (Å²) in [5, 5.41) is 18.4. The smallest absolute Gasteiger partial charge is 0.305 e. The lowest BCUT2D eigenvalue weighted by atomic mass is 10.2. The van der Waals surface area contributed by atoms with Gasteiger partial charge in [-0.1, -0.05) is 6.07 Å². The molecule has 0 atom stereocenters. The Bertz CT molecular complexity index is 578. The predicted molar refractivity (Wildman–Crippen MR) is 58.9 cm³/mol. The molecule has 2 aromatic rings. The highest BCUT2D eigenvalue weighted by Gasteiger charge is 2.04. The van der Waals surface area contributed by atoms with Crippen LogP contribution in [0.15, 0.2) is 30.5 Å². The Hall–Kier alpha value is -2.28. The van der Waals surface area contributed by atoms with Crippen LogP contribution in [0.3, 0.4) is 0 Å². The topological polar surface area (TPSA) is 66.0 Å². The van der Waals surface area contributed by atoms with Crippen molar-refractivity contribution in [2.75, 3.05) is 0 Å². The molecular weight excluding hydrogens is 204 g/mol. The number of hydrogen-bond donors (Lipinski definition) is 1. The Morgan fingerprint density at radius 1 is 1.44 bits per heavy atom. The molecule has 1 heterocycles. The van der Waals surface area contributed by atoms with Gasteiger partial charge in [-0.2, -0.15) is 5.26 Å². The molecule has 4 heteroatoms. The molecule has 0 aliphatic rings. The van der Waals surface area contributed by atoms with Crippen molar-refractivity contribution < 1.29 is 9.90 Å². The van der Waals surface area contributed by atoms with E-state index in [1.807, 2.05) is 22.9 Å². The number of nitrogens with zero attached hydrogens (tertiary/aromatic N) is 2. The zero-order chi connectivity index (χ0) is 11.5. The normalized spacial score (nSPS) is 10.2. The molecule has 80 valence electrons. The van der Waals surface area contributed by atoms with Crippen molar-refractivity contribution in [3.63, 3.8) is 0 Å². The maximum absolute atomic E-state index is 10.5. The van der Waals surface area contributed by atoms with E-state index in [0.29, 0.717) is 12.1 Å². The van der Waals surface area contributed by atoms with Gasteiger partial charge in [-0.15, -0.1) is 0 Å². The van der Waals surface area contributed by atoms with Gasteiger partial charge in [0.1, 0.15) is 0 Å². The lowest BCUT2D eigenvalue weighted by Crippen LogP contribution is -2.03. The number of fused-ring (bicyclic) bond motifs is 1. The van der Waals surface area contributed by atoms with Gasteiger partial charge in [0.15, 0.2) is 0 Å². The van der Waals surface area contributed by atoms with Gasteiger partial charge in [0.05, 0.1) is 18.1 Å². The first-order chi connectivity index (χ1) is 7.70. The number of carboxylic acid groups (broad SMARTS) is 1. The minimum atomic E-state index is -0.821. The number of aromatic nitrogens is 1. The maximum atomic E-state index is 10.5. The lowest BCUT2D eigenvalue weighted by Gasteiger charge is -2.02. The fraction of sp³-hybridized carbons (Fsp3) is 0.167. The quantitative estimate of drug-likeness (QED) is 0.849. The average molecular weight is 214 g/mol. The van der Waals surface area contributed by atoms with E-state index >= 15 is 0 Å². The van der Waals surface area contributed by atoms with E-state index in [9.17, 15) is 4.79 Å². The minimum Gasteiger partial charge on any atom is -0.481 e. The molecule has 2 rings (SSSR count). The molecule has 4 nitrogen and oxygen atoms in total. The first kappa shape index (κ1) is 10.2. The van der Waals surface area contributed by atoms with Crippen LogP contribution in [0.25, 0.3) is 10.9 Å². The van der Waals surface area contributed by atoms with Gasteiger partial charge in [-0.25, -0.2) is 0 Å². The van der Waals surface area contributed by atoms with Gasteiger partial charge < -0.3 is 9.67 Å². The molecule has 0 saturated heterocycles. The Balaban J connectivity index is 2.39. The number of aliphatic carboxylic acids is 1. The molecule has 0 unspecified atom stereocenters. The van der Waals surface area contributed by atoms with E-state index in [1.165, 1.54) is 0 Å². The molecule has 1 N–H and O–H groups in total. The van der Waals surface area contributed by atoms with Crippen LogP contribution in [0.2, 0.25) is 0 Å². The molecule has 0 bridgehead atoms. The summed E-state index contributed by atoms with van der Waals surface area (Å²) < 4.78 is 1.85. The number of aryl methyl sites for hydroxylation is 1. The van der Waals surface area contributed by atoms with Gasteiger partial charge in [0.2, 0.25) is 0 Å². The second kappa shape index (κ2) is 4.07. The second-order valence-corrected chi connectivity index (χ2v) is 3.54. The molecule has 0 saturated carbocycles. The molecule has 1 aromatic carbocycles. The van der Waals surface area contributed by atoms with Crippen molar-refractivity contribution >= 4 is 16.9 Å². The van der Waals surface area contributed by atoms with Crippen molar-refractivity contribution in [1.29, 1.82) is 5.26 Å². The van der Waals surface area contributed by atoms with Crippen LogP contribution in [0.5, 0.6) is 0 Å². The maximum Gasteiger partial charge on any atom is 0.305 e. The summed E-state index contributed by atoms with van der Waals surface area (Å²) >= 11 is 0. The highest BCUT2D eigenvalue weighted by atomic mass is 16.4. The van der Waals surface area contributed by atoms with Gasteiger partial charge in [-0.3, -0.25) is 4.79 Å². The van der Waals surface area contributed by atoms with Crippen LogP contribution in [-0.4, -0.2) is 15.6 Å². The van der Waals surface area contributed by atoms with E-state index < -0.39 is 5.97 Å². The number of rotatable bonds is 3. The average Bonchev–Trinajstić information content (AvgIpc) is 2.68. The number of benzene rings is 1. The molecule has 0 amide bonds. The SMILES string of the molecule is N#Cc1ccc2ccn(CCC(=O)O)c2c1. The zero-order valence-corrected chi connectivity index (χ0v) is 8.55. The summed E-state index contributed by atoms with van der Waals surface area (Å²) in [5.74, 6) is -0.821. The monoisotopic (exact) mass is 214 g/mol. The highest BCUT2D eigenvalue weighted by Crippen LogP contribution is 2.17. The zero-order valence-electron chi connectivity index (χ0n) is 8.55. The summed E-state index contributed by atoms with van der Waals surface area (Å²) in [5.41, 5.74) is 1.49. The first-order valence-electron chi connectivity index (χ1n) is 4.91. The standard InChI is InChI=1S/C12H10N2O2/c13-8-9-1-2-10-3-5-14(11(10)7-9)6-4-12(15)16/h1-3,5,7H,4,6H2,(H,15,16). The number of hydrogen-bond acceptors (Lipinski definition) is 2. The molecule has 16 heavy (non-hydrogen) atoms. The third-order valence-corrected chi connectivity index (χ3v) is 2.47. The molecular formula is C12H10N2O2. The van der Waals surface area contributed by atoms with Crippen molar-refractivity contribution in [1.82, 2.24) is 4.57 Å². The number of carboxylic acids is 1. The summed E-state index contributed by atoms with van der Waals surface area (Å²) in [6.45, 7) is 0.424. The van der Waals surface area contributed by atoms with Gasteiger partial charge in [0, 0.05) is 18.3 Å². The van der Waals surface area contributed by atoms with Gasteiger partial charge in [0.25, 0.3) is 0 Å². The van der Waals surface area contributed by atoms with Crippen LogP contribution in [0.1, 0.15) is 12.0 Å². The number of carbonyl (C=O) groups is 1. The Morgan fingerprint density at radius 3 is 2.94 bits per heavy atom. The van der Waals surface area contributed by atoms with E-state index in [-0.39, 0.29) is 6.42 Å². The Kier molecular flexibility index (Phi) is 2.61. The minimum absolute atomic E-state index is 0.0839. The van der Waals surface area contributed by atoms with Crippen molar-refractivity contribution in [3.05, 3.63) is 36.0 Å². The van der Waals surface area contributed by atoms with Crippen molar-refractivity contribution in [2.24, 2.45) is 0 Å². The third-order valence-electron chi connectivity index (χ3n) is 2.47. The van der Waals surface area contributed by atoms with Gasteiger partial charge >= 0.3 is 5.97 Å². The third kappa shape index (κ3) is 1.89. The van der Waals surface area contributed by atoms with Crippen molar-refractivity contribution in [3.8, 4) is 6.07 Å². The molecule has 0 aliphatic carbocycles. The summed E-state index contributed by atoms with van der Waals surface area (Å²) in [4.78, 5) is 10.5. The Labute approximate surface area is 92.3 Å². The van der Waals surface area contributed by atoms with Gasteiger partial charge in [-0.05, 0) is 23.6 Å². The van der Waals surface area contributed by atoms with Crippen LogP contribution >= 0.6 is 0 Å². The van der Waals surface area contributed by atoms with Crippen molar-refractivity contribution in [2.45, 2.75) is 13.0 Å². The molecule has 0 spiro atoms. The lowest BCUT2D eigenvalue weighted by molar-refractivity contribution is -0.137. The van der Waals surface area contributed by atoms with Crippen LogP contribution < -0.4 is 0 Å². The first-order valence-corrected chi connectivity index (χ1v) is 4.91. The van der Waals surface area contributed by atoms with E-state index in [1.54, 1.807) is 12.1 Å². The summed E-state index contributed by atoms with van der Waals surface area (Å²) in [7, 11) is 0. The molecule has 0 fully saturated rings.